The molecule has 0 aliphatic carbocycles. The molecule has 6 aromatic rings. The van der Waals surface area contributed by atoms with Crippen LogP contribution in [0.3, 0.4) is 0 Å². The molecule has 0 spiro atoms. The van der Waals surface area contributed by atoms with Gasteiger partial charge in [-0.15, -0.1) is 0 Å². The van der Waals surface area contributed by atoms with Gasteiger partial charge in [0.05, 0.1) is 0 Å². The van der Waals surface area contributed by atoms with Gasteiger partial charge in [0, 0.05) is 50.0 Å². The molecule has 350 valence electrons. The maximum atomic E-state index is 15.3. The van der Waals surface area contributed by atoms with Gasteiger partial charge < -0.3 is 29.5 Å². The first kappa shape index (κ1) is 50.0. The van der Waals surface area contributed by atoms with Gasteiger partial charge in [0.1, 0.15) is 17.2 Å². The predicted molar refractivity (Wildman–Crippen MR) is 275 cm³/mol. The summed E-state index contributed by atoms with van der Waals surface area (Å²) in [4.78, 5) is 36.7. The molecule has 3 N–H and O–H groups in total. The highest BCUT2D eigenvalue weighted by Crippen LogP contribution is 2.51. The Morgan fingerprint density at radius 1 is 0.397 bits per heavy atom. The molecule has 6 rings (SSSR count). The number of benzene rings is 6. The number of amides is 3. The van der Waals surface area contributed by atoms with Crippen LogP contribution in [-0.4, -0.2) is 17.7 Å². The standard InChI is InChI=1S/C57H60N3O7P/c1-37(2)52(61)58-46-28-22-40(23-29-46)55(7,8)43-16-13-19-49(34-43)65-68(64,66-50-20-14-17-44(35-50)56(9,10)41-24-30-47(31-25-41)59-53(62)38(3)4)67-51-21-15-18-45(36-51)57(11,12)42-26-32-48(33-27-42)60-54(63)39(5)6/h13-36H,1,3,5H2,2,4,6-12H3,(H,58,61)(H,59,62)(H,60,63). The summed E-state index contributed by atoms with van der Waals surface area (Å²) in [5, 5.41) is 8.54. The predicted octanol–water partition coefficient (Wildman–Crippen LogP) is 13.9. The lowest BCUT2D eigenvalue weighted by Crippen LogP contribution is -2.20. The minimum Gasteiger partial charge on any atom is -0.386 e. The van der Waals surface area contributed by atoms with E-state index >= 15 is 4.57 Å². The minimum absolute atomic E-state index is 0.254. The molecule has 0 saturated carbocycles. The summed E-state index contributed by atoms with van der Waals surface area (Å²) >= 11 is 0. The number of nitrogens with one attached hydrogen (secondary N) is 3. The molecule has 0 atom stereocenters. The molecular formula is C57H60N3O7P. The topological polar surface area (TPSA) is 132 Å². The van der Waals surface area contributed by atoms with E-state index in [9.17, 15) is 14.4 Å². The van der Waals surface area contributed by atoms with Crippen LogP contribution in [0, 0.1) is 0 Å². The van der Waals surface area contributed by atoms with Gasteiger partial charge in [-0.1, -0.05) is 134 Å². The summed E-state index contributed by atoms with van der Waals surface area (Å²) in [6.45, 7) is 28.5. The molecule has 0 aromatic heterocycles. The average Bonchev–Trinajstić information content (AvgIpc) is 3.29. The van der Waals surface area contributed by atoms with E-state index < -0.39 is 24.1 Å². The van der Waals surface area contributed by atoms with Crippen LogP contribution in [0.2, 0.25) is 0 Å². The fourth-order valence-electron chi connectivity index (χ4n) is 7.39. The SMILES string of the molecule is C=C(C)C(=O)Nc1ccc(C(C)(C)c2cccc(OP(=O)(Oc3cccc(C(C)(C)c4ccc(NC(=O)C(=C)C)cc4)c3)Oc3cccc(C(C)(C)c4ccc(NC(=O)C(=C)C)cc4)c3)c2)cc1. The van der Waals surface area contributed by atoms with Gasteiger partial charge in [-0.05, 0) is 127 Å². The summed E-state index contributed by atoms with van der Waals surface area (Å²) in [7, 11) is -4.54. The Labute approximate surface area is 400 Å². The number of carbonyl (C=O) groups excluding carboxylic acids is 3. The second-order valence-corrected chi connectivity index (χ2v) is 20.1. The molecule has 0 radical (unpaired) electrons. The van der Waals surface area contributed by atoms with Crippen molar-refractivity contribution < 1.29 is 32.5 Å². The first-order valence-electron chi connectivity index (χ1n) is 22.2. The fourth-order valence-corrected chi connectivity index (χ4v) is 8.62. The maximum Gasteiger partial charge on any atom is 0.647 e. The minimum atomic E-state index is -4.54. The largest absolute Gasteiger partial charge is 0.647 e. The molecule has 0 saturated heterocycles. The Hall–Kier alpha value is -7.42. The van der Waals surface area contributed by atoms with Crippen LogP contribution in [0.5, 0.6) is 17.2 Å². The van der Waals surface area contributed by atoms with E-state index in [1.54, 1.807) is 39.0 Å². The summed E-state index contributed by atoms with van der Waals surface area (Å²) in [6, 6.07) is 44.8. The molecule has 68 heavy (non-hydrogen) atoms. The third kappa shape index (κ3) is 11.9. The number of carbonyl (C=O) groups is 3. The molecule has 10 nitrogen and oxygen atoms in total. The molecule has 11 heteroatoms. The number of hydrogen-bond donors (Lipinski definition) is 3. The van der Waals surface area contributed by atoms with E-state index in [2.05, 4.69) is 77.2 Å². The summed E-state index contributed by atoms with van der Waals surface area (Å²) in [5.41, 5.74) is 7.02. The molecule has 6 aromatic carbocycles. The van der Waals surface area contributed by atoms with E-state index in [1.807, 2.05) is 127 Å². The van der Waals surface area contributed by atoms with Gasteiger partial charge in [-0.25, -0.2) is 0 Å². The molecule has 0 aliphatic heterocycles. The van der Waals surface area contributed by atoms with Crippen LogP contribution in [0.1, 0.15) is 95.7 Å². The smallest absolute Gasteiger partial charge is 0.386 e. The number of phosphoric acid groups is 1. The van der Waals surface area contributed by atoms with Gasteiger partial charge in [0.25, 0.3) is 17.7 Å². The normalized spacial score (nSPS) is 11.7. The fraction of sp³-hybridized carbons (Fsp3) is 0.211. The second-order valence-electron chi connectivity index (χ2n) is 18.6. The lowest BCUT2D eigenvalue weighted by atomic mass is 9.78. The number of anilines is 3. The number of hydrogen-bond acceptors (Lipinski definition) is 7. The van der Waals surface area contributed by atoms with Crippen molar-refractivity contribution in [2.24, 2.45) is 0 Å². The zero-order chi connectivity index (χ0) is 49.6. The Balaban J connectivity index is 1.33. The van der Waals surface area contributed by atoms with Crippen molar-refractivity contribution in [3.63, 3.8) is 0 Å². The van der Waals surface area contributed by atoms with E-state index in [0.29, 0.717) is 33.8 Å². The Kier molecular flexibility index (Phi) is 14.9. The third-order valence-electron chi connectivity index (χ3n) is 12.1. The third-order valence-corrected chi connectivity index (χ3v) is 13.4. The van der Waals surface area contributed by atoms with Crippen molar-refractivity contribution in [1.82, 2.24) is 0 Å². The van der Waals surface area contributed by atoms with E-state index in [1.165, 1.54) is 0 Å². The average molecular weight is 930 g/mol. The van der Waals surface area contributed by atoms with Crippen molar-refractivity contribution in [1.29, 1.82) is 0 Å². The van der Waals surface area contributed by atoms with Gasteiger partial charge in [0.2, 0.25) is 0 Å². The summed E-state index contributed by atoms with van der Waals surface area (Å²) < 4.78 is 34.5. The van der Waals surface area contributed by atoms with Crippen LogP contribution in [0.15, 0.2) is 182 Å². The molecule has 0 aliphatic rings. The molecule has 0 unspecified atom stereocenters. The zero-order valence-electron chi connectivity index (χ0n) is 40.3. The van der Waals surface area contributed by atoms with Crippen molar-refractivity contribution in [2.75, 3.05) is 16.0 Å². The van der Waals surface area contributed by atoms with Crippen molar-refractivity contribution in [3.8, 4) is 17.2 Å². The number of rotatable bonds is 18. The molecular weight excluding hydrogens is 870 g/mol. The van der Waals surface area contributed by atoms with Gasteiger partial charge in [-0.3, -0.25) is 14.4 Å². The lowest BCUT2D eigenvalue weighted by Gasteiger charge is -2.28. The van der Waals surface area contributed by atoms with E-state index in [-0.39, 0.29) is 35.0 Å². The molecule has 0 fully saturated rings. The van der Waals surface area contributed by atoms with Gasteiger partial charge in [0.15, 0.2) is 0 Å². The summed E-state index contributed by atoms with van der Waals surface area (Å²) in [5.74, 6) is 0.0167. The second kappa shape index (κ2) is 20.2. The van der Waals surface area contributed by atoms with E-state index in [0.717, 1.165) is 33.4 Å². The van der Waals surface area contributed by atoms with Crippen LogP contribution in [-0.2, 0) is 35.2 Å². The first-order chi connectivity index (χ1) is 32.0. The van der Waals surface area contributed by atoms with Gasteiger partial charge in [-0.2, -0.15) is 4.57 Å². The molecule has 0 bridgehead atoms. The highest BCUT2D eigenvalue weighted by Gasteiger charge is 2.36. The van der Waals surface area contributed by atoms with Crippen LogP contribution >= 0.6 is 7.82 Å². The van der Waals surface area contributed by atoms with Crippen LogP contribution < -0.4 is 29.5 Å². The number of phosphoric ester groups is 1. The monoisotopic (exact) mass is 929 g/mol. The lowest BCUT2D eigenvalue weighted by molar-refractivity contribution is -0.113. The highest BCUT2D eigenvalue weighted by molar-refractivity contribution is 7.49. The van der Waals surface area contributed by atoms with Crippen molar-refractivity contribution >= 4 is 42.6 Å². The quantitative estimate of drug-likeness (QED) is 0.0577. The summed E-state index contributed by atoms with van der Waals surface area (Å²) in [6.07, 6.45) is 0. The highest BCUT2D eigenvalue weighted by atomic mass is 31.2. The maximum absolute atomic E-state index is 15.3. The molecule has 3 amide bonds. The van der Waals surface area contributed by atoms with E-state index in [4.69, 9.17) is 13.6 Å². The Morgan fingerprint density at radius 2 is 0.632 bits per heavy atom. The van der Waals surface area contributed by atoms with Crippen molar-refractivity contribution in [2.45, 2.75) is 78.6 Å². The van der Waals surface area contributed by atoms with Crippen molar-refractivity contribution in [3.05, 3.63) is 215 Å². The zero-order valence-corrected chi connectivity index (χ0v) is 41.2. The van der Waals surface area contributed by atoms with Crippen LogP contribution in [0.4, 0.5) is 17.1 Å². The van der Waals surface area contributed by atoms with Gasteiger partial charge >= 0.3 is 7.82 Å². The Bertz CT molecular complexity index is 2620. The van der Waals surface area contributed by atoms with Crippen LogP contribution in [0.25, 0.3) is 0 Å². The molecule has 0 heterocycles. The first-order valence-corrected chi connectivity index (χ1v) is 23.7. The Morgan fingerprint density at radius 3 is 0.853 bits per heavy atom.